The number of hydrogen-bond acceptors (Lipinski definition) is 6. The summed E-state index contributed by atoms with van der Waals surface area (Å²) in [6.07, 6.45) is 5.17. The number of carbonyl (C=O) groups excluding carboxylic acids is 4. The van der Waals surface area contributed by atoms with E-state index in [4.69, 9.17) is 21.1 Å². The average Bonchev–Trinajstić information content (AvgIpc) is 2.99. The molecule has 1 aliphatic heterocycles. The Hall–Kier alpha value is -3.98. The Morgan fingerprint density at radius 2 is 1.74 bits per heavy atom. The number of rotatable bonds is 7. The van der Waals surface area contributed by atoms with Gasteiger partial charge < -0.3 is 20.1 Å². The van der Waals surface area contributed by atoms with Crippen LogP contribution in [0.25, 0.3) is 6.08 Å². The van der Waals surface area contributed by atoms with Crippen LogP contribution in [0.15, 0.2) is 60.7 Å². The van der Waals surface area contributed by atoms with Crippen LogP contribution in [0.3, 0.4) is 0 Å². The number of cyclic esters (lactones) is 2. The first-order chi connectivity index (χ1) is 21.6. The van der Waals surface area contributed by atoms with E-state index in [1.807, 2.05) is 45.9 Å². The molecular formula is C36H44ClFN2O6. The number of hydrogen-bond donors (Lipinski definition) is 2. The second kappa shape index (κ2) is 16.5. The van der Waals surface area contributed by atoms with E-state index in [-0.39, 0.29) is 43.5 Å². The van der Waals surface area contributed by atoms with Crippen molar-refractivity contribution in [3.8, 4) is 0 Å². The molecule has 1 aliphatic rings. The molecule has 0 radical (unpaired) electrons. The van der Waals surface area contributed by atoms with Gasteiger partial charge in [-0.1, -0.05) is 74.9 Å². The number of nitrogens with one attached hydrogen (secondary N) is 2. The summed E-state index contributed by atoms with van der Waals surface area (Å²) in [5.74, 6) is -3.05. The van der Waals surface area contributed by atoms with Crippen molar-refractivity contribution >= 4 is 41.4 Å². The van der Waals surface area contributed by atoms with Gasteiger partial charge in [0.15, 0.2) is 6.10 Å². The molecule has 0 bridgehead atoms. The van der Waals surface area contributed by atoms with Crippen LogP contribution in [-0.4, -0.2) is 48.5 Å². The Bertz CT molecular complexity index is 1450. The number of benzene rings is 2. The number of aryl methyl sites for hydroxylation is 1. The molecule has 2 N–H and O–H groups in total. The van der Waals surface area contributed by atoms with Crippen LogP contribution >= 0.6 is 11.6 Å². The third kappa shape index (κ3) is 11.1. The minimum Gasteiger partial charge on any atom is -0.459 e. The highest BCUT2D eigenvalue weighted by Crippen LogP contribution is 2.24. The summed E-state index contributed by atoms with van der Waals surface area (Å²) in [4.78, 5) is 53.2. The molecule has 8 nitrogen and oxygen atoms in total. The molecule has 3 rings (SSSR count). The Labute approximate surface area is 275 Å². The van der Waals surface area contributed by atoms with Gasteiger partial charge in [0.1, 0.15) is 18.0 Å². The van der Waals surface area contributed by atoms with Crippen molar-refractivity contribution in [1.82, 2.24) is 10.6 Å². The fourth-order valence-electron chi connectivity index (χ4n) is 4.71. The minimum absolute atomic E-state index is 0.00707. The molecule has 0 fully saturated rings. The van der Waals surface area contributed by atoms with Crippen molar-refractivity contribution in [3.63, 3.8) is 0 Å². The molecule has 46 heavy (non-hydrogen) atoms. The zero-order chi connectivity index (χ0) is 34.0. The number of amides is 2. The molecule has 4 unspecified atom stereocenters. The SMILES string of the molecule is Cc1ccc(CC2NC(=O)/C=C/CC(C(C)/C=C/c3ccc(F)cc3)OC(=O)C(CC(C)C)OC(=O)C(C)(C)CNC2=O)cc1Cl. The molecule has 0 aliphatic carbocycles. The largest absolute Gasteiger partial charge is 0.459 e. The molecule has 0 aromatic heterocycles. The van der Waals surface area contributed by atoms with Gasteiger partial charge in [0.25, 0.3) is 0 Å². The quantitative estimate of drug-likeness (QED) is 0.347. The van der Waals surface area contributed by atoms with Gasteiger partial charge in [-0.05, 0) is 74.1 Å². The second-order valence-corrected chi connectivity index (χ2v) is 13.3. The minimum atomic E-state index is -1.20. The maximum atomic E-state index is 13.5. The lowest BCUT2D eigenvalue weighted by Crippen LogP contribution is -2.51. The van der Waals surface area contributed by atoms with Crippen LogP contribution in [0.2, 0.25) is 5.02 Å². The summed E-state index contributed by atoms with van der Waals surface area (Å²) in [5.41, 5.74) is 1.19. The van der Waals surface area contributed by atoms with E-state index in [0.717, 1.165) is 16.7 Å². The summed E-state index contributed by atoms with van der Waals surface area (Å²) in [7, 11) is 0. The highest BCUT2D eigenvalue weighted by molar-refractivity contribution is 6.31. The number of halogens is 2. The normalized spacial score (nSPS) is 22.9. The van der Waals surface area contributed by atoms with Crippen LogP contribution in [0, 0.1) is 30.0 Å². The van der Waals surface area contributed by atoms with Gasteiger partial charge in [0, 0.05) is 30.3 Å². The lowest BCUT2D eigenvalue weighted by atomic mass is 9.93. The summed E-state index contributed by atoms with van der Waals surface area (Å²) in [6.45, 7) is 10.6. The van der Waals surface area contributed by atoms with E-state index in [2.05, 4.69) is 10.6 Å². The molecule has 2 amide bonds. The lowest BCUT2D eigenvalue weighted by Gasteiger charge is -2.29. The summed E-state index contributed by atoms with van der Waals surface area (Å²) >= 11 is 6.31. The average molecular weight is 655 g/mol. The van der Waals surface area contributed by atoms with Gasteiger partial charge in [0.05, 0.1) is 5.41 Å². The molecule has 2 aromatic carbocycles. The van der Waals surface area contributed by atoms with Crippen LogP contribution < -0.4 is 10.6 Å². The molecular weight excluding hydrogens is 611 g/mol. The van der Waals surface area contributed by atoms with Crippen molar-refractivity contribution in [3.05, 3.63) is 88.2 Å². The van der Waals surface area contributed by atoms with Crippen LogP contribution in [0.1, 0.15) is 64.2 Å². The molecule has 248 valence electrons. The highest BCUT2D eigenvalue weighted by atomic mass is 35.5. The van der Waals surface area contributed by atoms with Gasteiger partial charge in [0.2, 0.25) is 11.8 Å². The van der Waals surface area contributed by atoms with Crippen molar-refractivity contribution < 1.29 is 33.0 Å². The molecule has 0 saturated heterocycles. The molecule has 0 saturated carbocycles. The van der Waals surface area contributed by atoms with Crippen molar-refractivity contribution in [2.24, 2.45) is 17.3 Å². The highest BCUT2D eigenvalue weighted by Gasteiger charge is 2.37. The maximum Gasteiger partial charge on any atom is 0.347 e. The Morgan fingerprint density at radius 1 is 1.04 bits per heavy atom. The molecule has 4 atom stereocenters. The standard InChI is InChI=1S/C36H44ClFN2O6/c1-22(2)18-31-34(43)45-30(24(4)11-12-25-14-16-27(38)17-15-25)8-7-9-32(41)40-29(20-26-13-10-23(3)28(37)19-26)33(42)39-21-36(5,6)35(44)46-31/h7,9-17,19,22,24,29-31H,8,18,20-21H2,1-6H3,(H,39,42)(H,40,41)/b9-7+,12-11+. The van der Waals surface area contributed by atoms with Gasteiger partial charge >= 0.3 is 11.9 Å². The summed E-state index contributed by atoms with van der Waals surface area (Å²) < 4.78 is 25.0. The van der Waals surface area contributed by atoms with E-state index in [9.17, 15) is 23.6 Å². The fourth-order valence-corrected chi connectivity index (χ4v) is 4.91. The smallest absolute Gasteiger partial charge is 0.347 e. The first kappa shape index (κ1) is 36.5. The Balaban J connectivity index is 1.93. The van der Waals surface area contributed by atoms with Crippen LogP contribution in [-0.2, 0) is 35.1 Å². The van der Waals surface area contributed by atoms with E-state index >= 15 is 0 Å². The maximum absolute atomic E-state index is 13.5. The monoisotopic (exact) mass is 654 g/mol. The van der Waals surface area contributed by atoms with E-state index in [1.165, 1.54) is 18.2 Å². The molecule has 2 aromatic rings. The number of carbonyl (C=O) groups is 4. The summed E-state index contributed by atoms with van der Waals surface area (Å²) in [5, 5.41) is 6.06. The molecule has 0 spiro atoms. The van der Waals surface area contributed by atoms with Crippen LogP contribution in [0.5, 0.6) is 0 Å². The van der Waals surface area contributed by atoms with E-state index in [0.29, 0.717) is 5.02 Å². The van der Waals surface area contributed by atoms with Crippen molar-refractivity contribution in [1.29, 1.82) is 0 Å². The van der Waals surface area contributed by atoms with Gasteiger partial charge in [-0.3, -0.25) is 14.4 Å². The van der Waals surface area contributed by atoms with E-state index in [1.54, 1.807) is 44.2 Å². The molecule has 10 heteroatoms. The van der Waals surface area contributed by atoms with Crippen LogP contribution in [0.4, 0.5) is 4.39 Å². The Morgan fingerprint density at radius 3 is 2.39 bits per heavy atom. The van der Waals surface area contributed by atoms with Gasteiger partial charge in [-0.2, -0.15) is 0 Å². The zero-order valence-corrected chi connectivity index (χ0v) is 28.0. The van der Waals surface area contributed by atoms with Gasteiger partial charge in [-0.25, -0.2) is 9.18 Å². The fraction of sp³-hybridized carbons (Fsp3) is 0.444. The number of esters is 2. The topological polar surface area (TPSA) is 111 Å². The predicted molar refractivity (Wildman–Crippen MR) is 176 cm³/mol. The first-order valence-corrected chi connectivity index (χ1v) is 15.9. The third-order valence-corrected chi connectivity index (χ3v) is 8.12. The lowest BCUT2D eigenvalue weighted by molar-refractivity contribution is -0.178. The number of ether oxygens (including phenoxy) is 2. The van der Waals surface area contributed by atoms with Crippen molar-refractivity contribution in [2.75, 3.05) is 6.54 Å². The predicted octanol–water partition coefficient (Wildman–Crippen LogP) is 6.14. The summed E-state index contributed by atoms with van der Waals surface area (Å²) in [6, 6.07) is 10.4. The Kier molecular flexibility index (Phi) is 13.1. The third-order valence-electron chi connectivity index (χ3n) is 7.72. The van der Waals surface area contributed by atoms with E-state index < -0.39 is 47.4 Å². The van der Waals surface area contributed by atoms with Gasteiger partial charge in [-0.15, -0.1) is 0 Å². The molecule has 1 heterocycles. The van der Waals surface area contributed by atoms with Crippen molar-refractivity contribution in [2.45, 2.75) is 79.1 Å². The second-order valence-electron chi connectivity index (χ2n) is 12.9. The zero-order valence-electron chi connectivity index (χ0n) is 27.3. The first-order valence-electron chi connectivity index (χ1n) is 15.5.